The molecule has 1 saturated heterocycles. The van der Waals surface area contributed by atoms with E-state index >= 15 is 0 Å². The molecule has 0 bridgehead atoms. The van der Waals surface area contributed by atoms with Crippen molar-refractivity contribution in [3.05, 3.63) is 198 Å². The summed E-state index contributed by atoms with van der Waals surface area (Å²) in [5.41, 5.74) is 16.4. The number of allylic oxidation sites excluding steroid dienone is 4. The Morgan fingerprint density at radius 3 is 2.04 bits per heavy atom. The zero-order valence-electron chi connectivity index (χ0n) is 32.3. The van der Waals surface area contributed by atoms with E-state index < -0.39 is 0 Å². The predicted octanol–water partition coefficient (Wildman–Crippen LogP) is 14.4. The van der Waals surface area contributed by atoms with Crippen LogP contribution in [-0.2, 0) is 5.41 Å². The van der Waals surface area contributed by atoms with Gasteiger partial charge in [-0.15, -0.1) is 11.8 Å². The van der Waals surface area contributed by atoms with E-state index in [9.17, 15) is 0 Å². The number of hydrogen-bond donors (Lipinski definition) is 0. The second-order valence-electron chi connectivity index (χ2n) is 16.9. The Kier molecular flexibility index (Phi) is 7.26. The van der Waals surface area contributed by atoms with Gasteiger partial charge in [-0.1, -0.05) is 155 Å². The highest BCUT2D eigenvalue weighted by atomic mass is 32.2. The summed E-state index contributed by atoms with van der Waals surface area (Å²) in [6.07, 6.45) is 14.3. The second kappa shape index (κ2) is 12.1. The van der Waals surface area contributed by atoms with E-state index in [1.807, 2.05) is 0 Å². The largest absolute Gasteiger partial charge is 0.310 e. The van der Waals surface area contributed by atoms with E-state index in [2.05, 4.69) is 231 Å². The molecule has 4 unspecified atom stereocenters. The topological polar surface area (TPSA) is 8.17 Å². The average molecular weight is 741 g/mol. The molecule has 2 nitrogen and oxygen atoms in total. The number of aromatic nitrogens is 1. The molecule has 1 aliphatic heterocycles. The van der Waals surface area contributed by atoms with E-state index in [1.54, 1.807) is 0 Å². The van der Waals surface area contributed by atoms with Gasteiger partial charge in [-0.25, -0.2) is 0 Å². The first kappa shape index (κ1) is 33.6. The van der Waals surface area contributed by atoms with Crippen LogP contribution in [0.15, 0.2) is 176 Å². The summed E-state index contributed by atoms with van der Waals surface area (Å²) in [6, 6.07) is 54.0. The zero-order valence-corrected chi connectivity index (χ0v) is 33.1. The fourth-order valence-electron chi connectivity index (χ4n) is 10.3. The van der Waals surface area contributed by atoms with Crippen LogP contribution in [0.1, 0.15) is 55.3 Å². The van der Waals surface area contributed by atoms with Crippen LogP contribution in [0, 0.1) is 10.8 Å². The SMILES string of the molecule is CC1(C)c2ccccc2-c2ccc(N(c3ccc(-c4ccccc4)cc3)c3ccc4c5c(n(-c6ccccc6)c4c3)C=CC3(C)C5SC4C=CC=CC43C)cc21. The van der Waals surface area contributed by atoms with Gasteiger partial charge in [-0.2, -0.15) is 0 Å². The van der Waals surface area contributed by atoms with Gasteiger partial charge < -0.3 is 9.47 Å². The van der Waals surface area contributed by atoms with Crippen LogP contribution in [0.3, 0.4) is 0 Å². The fraction of sp³-hybridized carbons (Fsp3) is 0.170. The van der Waals surface area contributed by atoms with E-state index in [1.165, 1.54) is 61.2 Å². The molecule has 0 N–H and O–H groups in total. The molecule has 1 fully saturated rings. The van der Waals surface area contributed by atoms with Crippen molar-refractivity contribution in [2.45, 2.75) is 43.6 Å². The number of anilines is 3. The highest BCUT2D eigenvalue weighted by Crippen LogP contribution is 2.71. The molecule has 2 heterocycles. The summed E-state index contributed by atoms with van der Waals surface area (Å²) in [4.78, 5) is 2.46. The molecule has 56 heavy (non-hydrogen) atoms. The van der Waals surface area contributed by atoms with Crippen molar-refractivity contribution in [2.24, 2.45) is 10.8 Å². The third-order valence-corrected chi connectivity index (χ3v) is 15.6. The van der Waals surface area contributed by atoms with Gasteiger partial charge in [0.05, 0.1) is 11.2 Å². The van der Waals surface area contributed by atoms with Crippen molar-refractivity contribution in [3.8, 4) is 27.9 Å². The van der Waals surface area contributed by atoms with Gasteiger partial charge >= 0.3 is 0 Å². The van der Waals surface area contributed by atoms with Gasteiger partial charge in [0.2, 0.25) is 0 Å². The Hall–Kier alpha value is -5.77. The maximum absolute atomic E-state index is 2.53. The van der Waals surface area contributed by atoms with Crippen LogP contribution >= 0.6 is 11.8 Å². The van der Waals surface area contributed by atoms with Crippen molar-refractivity contribution < 1.29 is 0 Å². The minimum absolute atomic E-state index is 0.0214. The Balaban J connectivity index is 1.12. The minimum atomic E-state index is -0.105. The first-order valence-electron chi connectivity index (χ1n) is 19.9. The van der Waals surface area contributed by atoms with Crippen LogP contribution in [0.2, 0.25) is 0 Å². The van der Waals surface area contributed by atoms with Crippen molar-refractivity contribution >= 4 is 45.8 Å². The van der Waals surface area contributed by atoms with Gasteiger partial charge in [0.1, 0.15) is 0 Å². The van der Waals surface area contributed by atoms with E-state index in [-0.39, 0.29) is 16.2 Å². The lowest BCUT2D eigenvalue weighted by Crippen LogP contribution is -2.39. The number of rotatable bonds is 5. The molecule has 0 spiro atoms. The maximum atomic E-state index is 2.53. The highest BCUT2D eigenvalue weighted by molar-refractivity contribution is 8.00. The number of hydrogen-bond acceptors (Lipinski definition) is 2. The van der Waals surface area contributed by atoms with E-state index in [0.29, 0.717) is 10.5 Å². The molecule has 6 aromatic carbocycles. The van der Waals surface area contributed by atoms with Crippen LogP contribution < -0.4 is 4.90 Å². The normalized spacial score (nSPS) is 23.4. The lowest BCUT2D eigenvalue weighted by atomic mass is 9.58. The van der Waals surface area contributed by atoms with Crippen molar-refractivity contribution in [3.63, 3.8) is 0 Å². The summed E-state index contributed by atoms with van der Waals surface area (Å²) in [6.45, 7) is 9.69. The molecular formula is C53H44N2S. The average Bonchev–Trinajstić information content (AvgIpc) is 3.78. The van der Waals surface area contributed by atoms with Crippen LogP contribution in [0.4, 0.5) is 17.1 Å². The van der Waals surface area contributed by atoms with Crippen LogP contribution in [0.5, 0.6) is 0 Å². The Morgan fingerprint density at radius 1 is 0.571 bits per heavy atom. The maximum Gasteiger partial charge on any atom is 0.0558 e. The third-order valence-electron chi connectivity index (χ3n) is 13.6. The number of benzene rings is 6. The lowest BCUT2D eigenvalue weighted by molar-refractivity contribution is 0.205. The van der Waals surface area contributed by atoms with E-state index in [4.69, 9.17) is 0 Å². The van der Waals surface area contributed by atoms with Gasteiger partial charge in [-0.05, 0) is 93.6 Å². The summed E-state index contributed by atoms with van der Waals surface area (Å²) in [5, 5.41) is 2.09. The third kappa shape index (κ3) is 4.64. The number of thioether (sulfide) groups is 1. The molecular weight excluding hydrogens is 697 g/mol. The summed E-state index contributed by atoms with van der Waals surface area (Å²) < 4.78 is 2.51. The van der Waals surface area contributed by atoms with Crippen molar-refractivity contribution in [1.82, 2.24) is 4.57 Å². The fourth-order valence-corrected chi connectivity index (χ4v) is 12.4. The smallest absolute Gasteiger partial charge is 0.0558 e. The van der Waals surface area contributed by atoms with Crippen molar-refractivity contribution in [1.29, 1.82) is 0 Å². The molecule has 0 saturated carbocycles. The Labute approximate surface area is 334 Å². The molecule has 4 atom stereocenters. The number of para-hydroxylation sites is 1. The highest BCUT2D eigenvalue weighted by Gasteiger charge is 2.60. The molecule has 3 aliphatic carbocycles. The number of fused-ring (bicyclic) bond motifs is 10. The molecule has 1 aromatic heterocycles. The standard InChI is InChI=1S/C53H44N2S/c1-51(2)44-20-12-11-19-41(44)42-28-26-39(33-45(42)51)54(38-24-22-36(23-25-38)35-15-7-5-8-16-35)40-27-29-43-47(34-40)55(37-17-9-6-10-18-37)46-30-32-53(4)50(49(43)46)56-48-21-13-14-31-52(48,53)3/h5-34,48,50H,1-4H3. The summed E-state index contributed by atoms with van der Waals surface area (Å²) in [7, 11) is 0. The molecule has 272 valence electrons. The van der Waals surface area contributed by atoms with Gasteiger partial charge in [0.15, 0.2) is 0 Å². The van der Waals surface area contributed by atoms with Gasteiger partial charge in [-0.3, -0.25) is 0 Å². The molecule has 7 aromatic rings. The Morgan fingerprint density at radius 2 is 1.23 bits per heavy atom. The molecule has 4 aliphatic rings. The first-order valence-corrected chi connectivity index (χ1v) is 20.9. The predicted molar refractivity (Wildman–Crippen MR) is 239 cm³/mol. The zero-order chi connectivity index (χ0) is 37.8. The quantitative estimate of drug-likeness (QED) is 0.174. The summed E-state index contributed by atoms with van der Waals surface area (Å²) in [5.74, 6) is 0. The summed E-state index contributed by atoms with van der Waals surface area (Å²) >= 11 is 2.14. The molecule has 11 rings (SSSR count). The van der Waals surface area contributed by atoms with Gasteiger partial charge in [0.25, 0.3) is 0 Å². The molecule has 0 amide bonds. The first-order chi connectivity index (χ1) is 27.3. The van der Waals surface area contributed by atoms with Crippen LogP contribution in [0.25, 0.3) is 44.9 Å². The number of nitrogens with zero attached hydrogens (tertiary/aromatic N) is 2. The Bertz CT molecular complexity index is 2790. The van der Waals surface area contributed by atoms with Crippen LogP contribution in [-0.4, -0.2) is 9.82 Å². The van der Waals surface area contributed by atoms with Crippen molar-refractivity contribution in [2.75, 3.05) is 4.90 Å². The minimum Gasteiger partial charge on any atom is -0.310 e. The lowest BCUT2D eigenvalue weighted by Gasteiger charge is -2.44. The monoisotopic (exact) mass is 740 g/mol. The van der Waals surface area contributed by atoms with E-state index in [0.717, 1.165) is 17.1 Å². The second-order valence-corrected chi connectivity index (χ2v) is 18.2. The van der Waals surface area contributed by atoms with Gasteiger partial charge in [0, 0.05) is 54.9 Å². The molecule has 0 radical (unpaired) electrons. The molecule has 3 heteroatoms.